The lowest BCUT2D eigenvalue weighted by Gasteiger charge is -2.21. The molecule has 0 aliphatic rings. The number of carbonyl (C=O) groups is 1. The van der Waals surface area contributed by atoms with E-state index >= 15 is 0 Å². The summed E-state index contributed by atoms with van der Waals surface area (Å²) in [6.45, 7) is 7.94. The number of amides is 1. The molecule has 0 aliphatic carbocycles. The van der Waals surface area contributed by atoms with Crippen LogP contribution in [0.15, 0.2) is 52.1 Å². The second-order valence-corrected chi connectivity index (χ2v) is 6.96. The first-order valence-electron chi connectivity index (χ1n) is 9.20. The number of furan rings is 1. The van der Waals surface area contributed by atoms with Crippen molar-refractivity contribution in [2.45, 2.75) is 25.8 Å². The maximum Gasteiger partial charge on any atom is 0.260 e. The number of hydrogen-bond acceptors (Lipinski definition) is 6. The monoisotopic (exact) mass is 396 g/mol. The summed E-state index contributed by atoms with van der Waals surface area (Å²) in [7, 11) is 0. The Morgan fingerprint density at radius 2 is 1.86 bits per heavy atom. The fourth-order valence-corrected chi connectivity index (χ4v) is 3.63. The van der Waals surface area contributed by atoms with Crippen molar-refractivity contribution in [3.8, 4) is 11.6 Å². The number of aromatic nitrogens is 2. The third kappa shape index (κ3) is 4.20. The normalized spacial score (nSPS) is 10.7. The molecule has 1 aromatic carbocycles. The number of hydrogen-bond donors (Lipinski definition) is 1. The van der Waals surface area contributed by atoms with Crippen LogP contribution in [-0.2, 0) is 0 Å². The van der Waals surface area contributed by atoms with Crippen molar-refractivity contribution < 1.29 is 9.21 Å². The molecule has 0 bridgehead atoms. The fraction of sp³-hybridized carbons (Fsp3) is 0.286. The van der Waals surface area contributed by atoms with Crippen LogP contribution in [0.1, 0.15) is 29.9 Å². The predicted octanol–water partition coefficient (Wildman–Crippen LogP) is 4.87. The van der Waals surface area contributed by atoms with E-state index in [9.17, 15) is 4.79 Å². The molecule has 1 N–H and O–H groups in total. The number of anilines is 2. The summed E-state index contributed by atoms with van der Waals surface area (Å²) in [5.74, 6) is 0.841. The molecule has 3 aromatic rings. The van der Waals surface area contributed by atoms with Gasteiger partial charge in [-0.15, -0.1) is 11.8 Å². The van der Waals surface area contributed by atoms with Crippen molar-refractivity contribution in [2.75, 3.05) is 29.6 Å². The second kappa shape index (κ2) is 8.93. The average molecular weight is 397 g/mol. The van der Waals surface area contributed by atoms with Gasteiger partial charge in [0.2, 0.25) is 0 Å². The molecule has 2 heterocycles. The van der Waals surface area contributed by atoms with Crippen LogP contribution in [0.25, 0.3) is 11.6 Å². The van der Waals surface area contributed by atoms with E-state index < -0.39 is 0 Å². The van der Waals surface area contributed by atoms with Crippen molar-refractivity contribution in [3.63, 3.8) is 0 Å². The summed E-state index contributed by atoms with van der Waals surface area (Å²) in [5.41, 5.74) is 2.97. The minimum absolute atomic E-state index is 0.219. The topological polar surface area (TPSA) is 71.3 Å². The van der Waals surface area contributed by atoms with Gasteiger partial charge in [-0.1, -0.05) is 0 Å². The molecule has 0 fully saturated rings. The van der Waals surface area contributed by atoms with Crippen LogP contribution in [0.4, 0.5) is 11.4 Å². The first-order chi connectivity index (χ1) is 13.6. The summed E-state index contributed by atoms with van der Waals surface area (Å²) in [4.78, 5) is 24.1. The quantitative estimate of drug-likeness (QED) is 0.454. The summed E-state index contributed by atoms with van der Waals surface area (Å²) in [6.07, 6.45) is 3.47. The molecule has 28 heavy (non-hydrogen) atoms. The molecule has 2 aromatic heterocycles. The standard InChI is InChI=1S/C21H24N4O2S/c1-5-25(6-2)16-11-9-15(10-12-16)23-20(26)18-14(3)22-19(24-21(18)28-4)17-8-7-13-27-17/h7-13H,5-6H2,1-4H3,(H,23,26). The number of thioether (sulfide) groups is 1. The molecule has 0 saturated carbocycles. The Balaban J connectivity index is 1.84. The highest BCUT2D eigenvalue weighted by molar-refractivity contribution is 7.98. The molecular formula is C21H24N4O2S. The summed E-state index contributed by atoms with van der Waals surface area (Å²) >= 11 is 1.41. The molecule has 0 radical (unpaired) electrons. The number of rotatable bonds is 7. The first kappa shape index (κ1) is 19.9. The van der Waals surface area contributed by atoms with E-state index in [1.807, 2.05) is 37.4 Å². The highest BCUT2D eigenvalue weighted by Gasteiger charge is 2.20. The highest BCUT2D eigenvalue weighted by Crippen LogP contribution is 2.26. The SMILES string of the molecule is CCN(CC)c1ccc(NC(=O)c2c(C)nc(-c3ccco3)nc2SC)cc1. The van der Waals surface area contributed by atoms with Crippen LogP contribution in [-0.4, -0.2) is 35.2 Å². The predicted molar refractivity (Wildman–Crippen MR) is 114 cm³/mol. The van der Waals surface area contributed by atoms with Gasteiger partial charge in [-0.05, 0) is 63.4 Å². The lowest BCUT2D eigenvalue weighted by atomic mass is 10.2. The second-order valence-electron chi connectivity index (χ2n) is 6.17. The van der Waals surface area contributed by atoms with Gasteiger partial charge in [0.15, 0.2) is 11.6 Å². The minimum atomic E-state index is -0.219. The van der Waals surface area contributed by atoms with E-state index in [2.05, 4.69) is 34.0 Å². The maximum atomic E-state index is 12.9. The first-order valence-corrected chi connectivity index (χ1v) is 10.4. The Hall–Kier alpha value is -2.80. The third-order valence-corrected chi connectivity index (χ3v) is 5.15. The van der Waals surface area contributed by atoms with Gasteiger partial charge < -0.3 is 14.6 Å². The molecule has 7 heteroatoms. The largest absolute Gasteiger partial charge is 0.461 e. The van der Waals surface area contributed by atoms with E-state index in [4.69, 9.17) is 4.42 Å². The molecule has 6 nitrogen and oxygen atoms in total. The zero-order valence-electron chi connectivity index (χ0n) is 16.5. The lowest BCUT2D eigenvalue weighted by Crippen LogP contribution is -2.21. The Morgan fingerprint density at radius 1 is 1.14 bits per heavy atom. The van der Waals surface area contributed by atoms with Gasteiger partial charge in [0.1, 0.15) is 5.03 Å². The van der Waals surface area contributed by atoms with Crippen LogP contribution in [0.5, 0.6) is 0 Å². The number of benzene rings is 1. The maximum absolute atomic E-state index is 12.9. The minimum Gasteiger partial charge on any atom is -0.461 e. The van der Waals surface area contributed by atoms with Crippen molar-refractivity contribution in [1.29, 1.82) is 0 Å². The van der Waals surface area contributed by atoms with E-state index in [-0.39, 0.29) is 5.91 Å². The van der Waals surface area contributed by atoms with Crippen molar-refractivity contribution in [2.24, 2.45) is 0 Å². The Morgan fingerprint density at radius 3 is 2.43 bits per heavy atom. The molecule has 0 aliphatic heterocycles. The van der Waals surface area contributed by atoms with E-state index in [1.165, 1.54) is 11.8 Å². The van der Waals surface area contributed by atoms with Crippen LogP contribution >= 0.6 is 11.8 Å². The summed E-state index contributed by atoms with van der Waals surface area (Å²) < 4.78 is 5.38. The molecule has 0 atom stereocenters. The molecule has 3 rings (SSSR count). The van der Waals surface area contributed by atoms with E-state index in [0.29, 0.717) is 27.9 Å². The van der Waals surface area contributed by atoms with Crippen LogP contribution < -0.4 is 10.2 Å². The molecule has 0 saturated heterocycles. The van der Waals surface area contributed by atoms with Gasteiger partial charge >= 0.3 is 0 Å². The Labute approximate surface area is 169 Å². The zero-order valence-corrected chi connectivity index (χ0v) is 17.3. The third-order valence-electron chi connectivity index (χ3n) is 4.47. The van der Waals surface area contributed by atoms with Crippen molar-refractivity contribution >= 4 is 29.0 Å². The van der Waals surface area contributed by atoms with Gasteiger partial charge in [0, 0.05) is 24.5 Å². The van der Waals surface area contributed by atoms with Crippen LogP contribution in [0.2, 0.25) is 0 Å². The lowest BCUT2D eigenvalue weighted by molar-refractivity contribution is 0.102. The van der Waals surface area contributed by atoms with Crippen molar-refractivity contribution in [3.05, 3.63) is 53.9 Å². The average Bonchev–Trinajstić information content (AvgIpc) is 3.24. The fourth-order valence-electron chi connectivity index (χ4n) is 3.01. The van der Waals surface area contributed by atoms with E-state index in [1.54, 1.807) is 18.4 Å². The molecule has 0 unspecified atom stereocenters. The summed E-state index contributed by atoms with van der Waals surface area (Å²) in [6, 6.07) is 11.4. The smallest absolute Gasteiger partial charge is 0.260 e. The number of carbonyl (C=O) groups excluding carboxylic acids is 1. The number of aryl methyl sites for hydroxylation is 1. The van der Waals surface area contributed by atoms with Crippen LogP contribution in [0.3, 0.4) is 0 Å². The zero-order chi connectivity index (χ0) is 20.1. The highest BCUT2D eigenvalue weighted by atomic mass is 32.2. The molecular weight excluding hydrogens is 372 g/mol. The van der Waals surface area contributed by atoms with Gasteiger partial charge in [-0.3, -0.25) is 4.79 Å². The number of nitrogens with zero attached hydrogens (tertiary/aromatic N) is 3. The van der Waals surface area contributed by atoms with Gasteiger partial charge in [-0.2, -0.15) is 0 Å². The molecule has 146 valence electrons. The Kier molecular flexibility index (Phi) is 6.36. The van der Waals surface area contributed by atoms with Gasteiger partial charge in [-0.25, -0.2) is 9.97 Å². The summed E-state index contributed by atoms with van der Waals surface area (Å²) in [5, 5.41) is 3.58. The molecule has 1 amide bonds. The van der Waals surface area contributed by atoms with E-state index in [0.717, 1.165) is 24.5 Å². The number of nitrogens with one attached hydrogen (secondary N) is 1. The molecule has 0 spiro atoms. The van der Waals surface area contributed by atoms with Gasteiger partial charge in [0.25, 0.3) is 5.91 Å². The van der Waals surface area contributed by atoms with Gasteiger partial charge in [0.05, 0.1) is 17.5 Å². The van der Waals surface area contributed by atoms with Crippen LogP contribution in [0, 0.1) is 6.92 Å². The van der Waals surface area contributed by atoms with Crippen molar-refractivity contribution in [1.82, 2.24) is 9.97 Å². The Bertz CT molecular complexity index is 936.